The highest BCUT2D eigenvalue weighted by Crippen LogP contribution is 2.29. The van der Waals surface area contributed by atoms with Crippen molar-refractivity contribution in [2.24, 2.45) is 11.8 Å². The molecule has 0 spiro atoms. The molecule has 46 valence electrons. The second kappa shape index (κ2) is 2.51. The van der Waals surface area contributed by atoms with Crippen molar-refractivity contribution < 1.29 is 0 Å². The lowest BCUT2D eigenvalue weighted by Gasteiger charge is -1.91. The van der Waals surface area contributed by atoms with Gasteiger partial charge in [-0.1, -0.05) is 0 Å². The molecule has 9 heavy (non-hydrogen) atoms. The number of nitrogens with zero attached hydrogens (tertiary/aromatic N) is 2. The third kappa shape index (κ3) is 1.21. The van der Waals surface area contributed by atoms with Crippen molar-refractivity contribution in [3.05, 3.63) is 0 Å². The van der Waals surface area contributed by atoms with Crippen molar-refractivity contribution in [1.82, 2.24) is 0 Å². The second-order valence-corrected chi connectivity index (χ2v) is 2.47. The Morgan fingerprint density at radius 2 is 1.44 bits per heavy atom. The summed E-state index contributed by atoms with van der Waals surface area (Å²) < 4.78 is 0. The smallest absolute Gasteiger partial charge is 0.0656 e. The molecule has 0 aromatic heterocycles. The first-order chi connectivity index (χ1) is 4.36. The molecule has 2 atom stereocenters. The summed E-state index contributed by atoms with van der Waals surface area (Å²) in [5, 5.41) is 16.8. The lowest BCUT2D eigenvalue weighted by Crippen LogP contribution is -1.89. The first-order valence-corrected chi connectivity index (χ1v) is 3.16. The molecular formula is C7H8N2. The molecule has 0 N–H and O–H groups in total. The van der Waals surface area contributed by atoms with E-state index in [0.29, 0.717) is 0 Å². The monoisotopic (exact) mass is 120 g/mol. The summed E-state index contributed by atoms with van der Waals surface area (Å²) in [6.45, 7) is 0. The second-order valence-electron chi connectivity index (χ2n) is 2.47. The van der Waals surface area contributed by atoms with Gasteiger partial charge in [0, 0.05) is 11.8 Å². The van der Waals surface area contributed by atoms with Crippen molar-refractivity contribution in [2.45, 2.75) is 19.3 Å². The van der Waals surface area contributed by atoms with Crippen LogP contribution >= 0.6 is 0 Å². The Bertz CT molecular complexity index is 152. The molecule has 2 nitrogen and oxygen atoms in total. The highest BCUT2D eigenvalue weighted by molar-refractivity contribution is 4.97. The minimum absolute atomic E-state index is 0.162. The quantitative estimate of drug-likeness (QED) is 0.485. The fraction of sp³-hybridized carbons (Fsp3) is 0.714. The van der Waals surface area contributed by atoms with Gasteiger partial charge < -0.3 is 0 Å². The Morgan fingerprint density at radius 3 is 1.67 bits per heavy atom. The highest BCUT2D eigenvalue weighted by atomic mass is 14.4. The van der Waals surface area contributed by atoms with Crippen LogP contribution in [-0.2, 0) is 0 Å². The molecule has 0 radical (unpaired) electrons. The molecule has 0 bridgehead atoms. The van der Waals surface area contributed by atoms with Crippen molar-refractivity contribution in [1.29, 1.82) is 10.5 Å². The molecule has 1 rings (SSSR count). The third-order valence-corrected chi connectivity index (χ3v) is 1.80. The summed E-state index contributed by atoms with van der Waals surface area (Å²) in [5.74, 6) is 0.323. The normalized spacial score (nSPS) is 33.1. The van der Waals surface area contributed by atoms with E-state index in [4.69, 9.17) is 10.5 Å². The molecular weight excluding hydrogens is 112 g/mol. The maximum atomic E-state index is 8.42. The van der Waals surface area contributed by atoms with E-state index in [2.05, 4.69) is 12.1 Å². The summed E-state index contributed by atoms with van der Waals surface area (Å²) in [5.41, 5.74) is 0. The van der Waals surface area contributed by atoms with Crippen LogP contribution in [0.2, 0.25) is 0 Å². The van der Waals surface area contributed by atoms with Crippen molar-refractivity contribution in [3.63, 3.8) is 0 Å². The number of rotatable bonds is 0. The minimum atomic E-state index is 0.162. The SMILES string of the molecule is N#C[C@@H]1CC[C@@H](C#N)C1. The van der Waals surface area contributed by atoms with E-state index in [1.54, 1.807) is 0 Å². The molecule has 0 saturated heterocycles. The van der Waals surface area contributed by atoms with Crippen LogP contribution in [-0.4, -0.2) is 0 Å². The lowest BCUT2D eigenvalue weighted by molar-refractivity contribution is 0.657. The topological polar surface area (TPSA) is 47.6 Å². The summed E-state index contributed by atoms with van der Waals surface area (Å²) >= 11 is 0. The van der Waals surface area contributed by atoms with Gasteiger partial charge in [-0.3, -0.25) is 0 Å². The van der Waals surface area contributed by atoms with Crippen LogP contribution in [0.3, 0.4) is 0 Å². The number of hydrogen-bond acceptors (Lipinski definition) is 2. The molecule has 0 amide bonds. The van der Waals surface area contributed by atoms with Crippen molar-refractivity contribution in [2.75, 3.05) is 0 Å². The molecule has 0 aliphatic heterocycles. The Kier molecular flexibility index (Phi) is 1.70. The zero-order chi connectivity index (χ0) is 6.69. The van der Waals surface area contributed by atoms with Gasteiger partial charge in [0.25, 0.3) is 0 Å². The minimum Gasteiger partial charge on any atom is -0.198 e. The Labute approximate surface area is 54.7 Å². The van der Waals surface area contributed by atoms with Gasteiger partial charge in [0.1, 0.15) is 0 Å². The van der Waals surface area contributed by atoms with E-state index in [0.717, 1.165) is 19.3 Å². The molecule has 1 aliphatic rings. The fourth-order valence-electron chi connectivity index (χ4n) is 1.22. The lowest BCUT2D eigenvalue weighted by atomic mass is 10.1. The standard InChI is InChI=1S/C7H8N2/c8-4-6-1-2-7(3-6)5-9/h6-7H,1-3H2/t6-,7-/m1/s1. The van der Waals surface area contributed by atoms with Crippen molar-refractivity contribution >= 4 is 0 Å². The van der Waals surface area contributed by atoms with Gasteiger partial charge in [-0.15, -0.1) is 0 Å². The maximum absolute atomic E-state index is 8.42. The molecule has 1 fully saturated rings. The summed E-state index contributed by atoms with van der Waals surface area (Å²) in [6, 6.07) is 4.35. The van der Waals surface area contributed by atoms with E-state index >= 15 is 0 Å². The highest BCUT2D eigenvalue weighted by Gasteiger charge is 2.23. The van der Waals surface area contributed by atoms with Crippen LogP contribution in [0.1, 0.15) is 19.3 Å². The average Bonchev–Trinajstić information content (AvgIpc) is 2.34. The zero-order valence-corrected chi connectivity index (χ0v) is 5.17. The molecule has 1 saturated carbocycles. The maximum Gasteiger partial charge on any atom is 0.0656 e. The van der Waals surface area contributed by atoms with Crippen LogP contribution in [0.15, 0.2) is 0 Å². The van der Waals surface area contributed by atoms with Gasteiger partial charge in [0.2, 0.25) is 0 Å². The predicted octanol–water partition coefficient (Wildman–Crippen LogP) is 1.45. The van der Waals surface area contributed by atoms with Crippen LogP contribution in [0.25, 0.3) is 0 Å². The summed E-state index contributed by atoms with van der Waals surface area (Å²) in [6.07, 6.45) is 2.65. The van der Waals surface area contributed by atoms with Crippen LogP contribution < -0.4 is 0 Å². The largest absolute Gasteiger partial charge is 0.198 e. The van der Waals surface area contributed by atoms with Gasteiger partial charge in [-0.05, 0) is 19.3 Å². The number of hydrogen-bond donors (Lipinski definition) is 0. The van der Waals surface area contributed by atoms with Gasteiger partial charge in [0.15, 0.2) is 0 Å². The molecule has 2 heteroatoms. The van der Waals surface area contributed by atoms with E-state index in [9.17, 15) is 0 Å². The first kappa shape index (κ1) is 6.11. The van der Waals surface area contributed by atoms with Gasteiger partial charge >= 0.3 is 0 Å². The zero-order valence-electron chi connectivity index (χ0n) is 5.17. The van der Waals surface area contributed by atoms with E-state index < -0.39 is 0 Å². The summed E-state index contributed by atoms with van der Waals surface area (Å²) in [4.78, 5) is 0. The Morgan fingerprint density at radius 1 is 1.00 bits per heavy atom. The fourth-order valence-corrected chi connectivity index (χ4v) is 1.22. The van der Waals surface area contributed by atoms with Crippen LogP contribution in [0, 0.1) is 34.5 Å². The summed E-state index contributed by atoms with van der Waals surface area (Å²) in [7, 11) is 0. The van der Waals surface area contributed by atoms with Crippen LogP contribution in [0.5, 0.6) is 0 Å². The molecule has 0 unspecified atom stereocenters. The molecule has 0 aromatic carbocycles. The van der Waals surface area contributed by atoms with E-state index in [1.165, 1.54) is 0 Å². The Balaban J connectivity index is 2.42. The first-order valence-electron chi connectivity index (χ1n) is 3.16. The molecule has 0 heterocycles. The molecule has 0 aromatic rings. The predicted molar refractivity (Wildman–Crippen MR) is 32.1 cm³/mol. The van der Waals surface area contributed by atoms with Gasteiger partial charge in [-0.25, -0.2) is 0 Å². The average molecular weight is 120 g/mol. The van der Waals surface area contributed by atoms with Crippen LogP contribution in [0.4, 0.5) is 0 Å². The number of nitriles is 2. The Hall–Kier alpha value is -1.02. The third-order valence-electron chi connectivity index (χ3n) is 1.80. The van der Waals surface area contributed by atoms with Gasteiger partial charge in [0.05, 0.1) is 12.1 Å². The van der Waals surface area contributed by atoms with E-state index in [-0.39, 0.29) is 11.8 Å². The van der Waals surface area contributed by atoms with Gasteiger partial charge in [-0.2, -0.15) is 10.5 Å². The van der Waals surface area contributed by atoms with Crippen molar-refractivity contribution in [3.8, 4) is 12.1 Å². The molecule has 1 aliphatic carbocycles. The van der Waals surface area contributed by atoms with E-state index in [1.807, 2.05) is 0 Å².